The van der Waals surface area contributed by atoms with Crippen molar-refractivity contribution in [3.63, 3.8) is 0 Å². The summed E-state index contributed by atoms with van der Waals surface area (Å²) >= 11 is 0. The largest absolute Gasteiger partial charge is 0.386 e. The molecule has 0 saturated carbocycles. The number of nitrogens with one attached hydrogen (secondary N) is 1. The minimum absolute atomic E-state index is 0.879. The molecule has 0 amide bonds. The van der Waals surface area contributed by atoms with E-state index < -0.39 is 0 Å². The molecule has 0 fully saturated rings. The van der Waals surface area contributed by atoms with Crippen LogP contribution in [0.4, 0.5) is 5.69 Å². The zero-order valence-electron chi connectivity index (χ0n) is 16.7. The van der Waals surface area contributed by atoms with Crippen molar-refractivity contribution in [1.82, 2.24) is 9.47 Å². The molecule has 0 atom stereocenters. The Kier molecular flexibility index (Phi) is 7.90. The van der Waals surface area contributed by atoms with Crippen molar-refractivity contribution in [1.29, 1.82) is 0 Å². The first-order valence-corrected chi connectivity index (χ1v) is 8.96. The van der Waals surface area contributed by atoms with Gasteiger partial charge >= 0.3 is 0 Å². The molecule has 0 aromatic carbocycles. The van der Waals surface area contributed by atoms with Crippen LogP contribution in [0.2, 0.25) is 0 Å². The Hall–Kier alpha value is -1.90. The number of allylic oxidation sites excluding steroid dienone is 4. The van der Waals surface area contributed by atoms with Crippen LogP contribution in [0.5, 0.6) is 0 Å². The summed E-state index contributed by atoms with van der Waals surface area (Å²) in [6.45, 7) is 17.2. The lowest BCUT2D eigenvalue weighted by Gasteiger charge is -2.24. The average Bonchev–Trinajstić information content (AvgIpc) is 2.86. The summed E-state index contributed by atoms with van der Waals surface area (Å²) in [5.41, 5.74) is 7.44. The molecule has 0 aliphatic rings. The summed E-state index contributed by atoms with van der Waals surface area (Å²) in [6, 6.07) is 0. The monoisotopic (exact) mass is 329 g/mol. The van der Waals surface area contributed by atoms with Crippen LogP contribution in [-0.4, -0.2) is 30.1 Å². The first-order valence-electron chi connectivity index (χ1n) is 8.96. The van der Waals surface area contributed by atoms with Crippen LogP contribution in [0.15, 0.2) is 36.1 Å². The quantitative estimate of drug-likeness (QED) is 0.608. The number of rotatable bonds is 9. The summed E-state index contributed by atoms with van der Waals surface area (Å²) in [5.74, 6) is 0. The van der Waals surface area contributed by atoms with Gasteiger partial charge in [-0.3, -0.25) is 0 Å². The Labute approximate surface area is 148 Å². The summed E-state index contributed by atoms with van der Waals surface area (Å²) in [6.07, 6.45) is 8.89. The van der Waals surface area contributed by atoms with Gasteiger partial charge in [0.25, 0.3) is 0 Å². The van der Waals surface area contributed by atoms with Crippen LogP contribution in [0.25, 0.3) is 5.70 Å². The van der Waals surface area contributed by atoms with Gasteiger partial charge in [-0.15, -0.1) is 0 Å². The second-order valence-corrected chi connectivity index (χ2v) is 6.66. The van der Waals surface area contributed by atoms with E-state index in [1.54, 1.807) is 0 Å². The highest BCUT2D eigenvalue weighted by atomic mass is 15.1. The van der Waals surface area contributed by atoms with E-state index in [-0.39, 0.29) is 0 Å². The third kappa shape index (κ3) is 5.05. The maximum atomic E-state index is 4.35. The van der Waals surface area contributed by atoms with Gasteiger partial charge in [0, 0.05) is 33.4 Å². The van der Waals surface area contributed by atoms with E-state index >= 15 is 0 Å². The van der Waals surface area contributed by atoms with Crippen molar-refractivity contribution < 1.29 is 0 Å². The molecule has 1 aromatic heterocycles. The van der Waals surface area contributed by atoms with Gasteiger partial charge in [0.05, 0.1) is 17.1 Å². The molecule has 134 valence electrons. The molecule has 0 spiro atoms. The minimum atomic E-state index is 0.879. The average molecular weight is 330 g/mol. The molecule has 0 aliphatic carbocycles. The van der Waals surface area contributed by atoms with Gasteiger partial charge in [0.15, 0.2) is 0 Å². The first-order chi connectivity index (χ1) is 11.3. The topological polar surface area (TPSA) is 20.2 Å². The van der Waals surface area contributed by atoms with E-state index in [1.165, 1.54) is 28.1 Å². The molecule has 3 nitrogen and oxygen atoms in total. The van der Waals surface area contributed by atoms with E-state index in [0.717, 1.165) is 31.6 Å². The Morgan fingerprint density at radius 3 is 2.42 bits per heavy atom. The van der Waals surface area contributed by atoms with Gasteiger partial charge in [0.2, 0.25) is 0 Å². The van der Waals surface area contributed by atoms with Crippen molar-refractivity contribution in [2.24, 2.45) is 0 Å². The van der Waals surface area contributed by atoms with Gasteiger partial charge in [-0.1, -0.05) is 43.7 Å². The Balaban J connectivity index is 3.18. The smallest absolute Gasteiger partial charge is 0.0879 e. The Morgan fingerprint density at radius 1 is 1.25 bits per heavy atom. The molecule has 0 saturated heterocycles. The third-order valence-corrected chi connectivity index (χ3v) is 4.44. The van der Waals surface area contributed by atoms with Crippen LogP contribution in [0.3, 0.4) is 0 Å². The fourth-order valence-electron chi connectivity index (χ4n) is 2.82. The fourth-order valence-corrected chi connectivity index (χ4v) is 2.82. The molecule has 0 aliphatic heterocycles. The molecule has 1 N–H and O–H groups in total. The number of hydrogen-bond acceptors (Lipinski definition) is 2. The van der Waals surface area contributed by atoms with Crippen LogP contribution in [0, 0.1) is 6.92 Å². The molecular weight excluding hydrogens is 294 g/mol. The van der Waals surface area contributed by atoms with Gasteiger partial charge in [0.1, 0.15) is 0 Å². The predicted molar refractivity (Wildman–Crippen MR) is 108 cm³/mol. The lowest BCUT2D eigenvalue weighted by molar-refractivity contribution is 0.474. The minimum Gasteiger partial charge on any atom is -0.386 e. The van der Waals surface area contributed by atoms with E-state index in [2.05, 4.69) is 81.4 Å². The maximum Gasteiger partial charge on any atom is 0.0879 e. The standard InChI is InChI=1S/C21H35N3/c1-9-13-23(8)19(6)21-20(22-7)18(5)15-24(21)14-17(4)12-11-16(3)10-2/h11-12,15,22H,6,9-10,13-14H2,1-5,7-8H3/b16-11-,17-12+. The SMILES string of the molecule is C=C(c1c(NC)c(C)cn1C/C(C)=C/C=C(/C)CC)N(C)CCC. The predicted octanol–water partition coefficient (Wildman–Crippen LogP) is 5.45. The third-order valence-electron chi connectivity index (χ3n) is 4.44. The second-order valence-electron chi connectivity index (χ2n) is 6.66. The molecule has 3 heteroatoms. The summed E-state index contributed by atoms with van der Waals surface area (Å²) < 4.78 is 2.32. The molecule has 0 radical (unpaired) electrons. The number of nitrogens with zero attached hydrogens (tertiary/aromatic N) is 2. The molecular formula is C21H35N3. The number of anilines is 1. The van der Waals surface area contributed by atoms with Crippen molar-refractivity contribution in [3.05, 3.63) is 47.3 Å². The zero-order chi connectivity index (χ0) is 18.3. The number of aryl methyl sites for hydroxylation is 1. The van der Waals surface area contributed by atoms with Crippen molar-refractivity contribution in [3.8, 4) is 0 Å². The van der Waals surface area contributed by atoms with Gasteiger partial charge in [-0.2, -0.15) is 0 Å². The van der Waals surface area contributed by atoms with Crippen LogP contribution in [-0.2, 0) is 6.54 Å². The van der Waals surface area contributed by atoms with Gasteiger partial charge in [-0.05, 0) is 39.2 Å². The van der Waals surface area contributed by atoms with Gasteiger partial charge in [-0.25, -0.2) is 0 Å². The summed E-state index contributed by atoms with van der Waals surface area (Å²) in [4.78, 5) is 2.24. The van der Waals surface area contributed by atoms with Crippen molar-refractivity contribution >= 4 is 11.4 Å². The zero-order valence-corrected chi connectivity index (χ0v) is 16.7. The highest BCUT2D eigenvalue weighted by molar-refractivity contribution is 5.74. The number of aromatic nitrogens is 1. The summed E-state index contributed by atoms with van der Waals surface area (Å²) in [5, 5.41) is 3.36. The van der Waals surface area contributed by atoms with Crippen LogP contribution >= 0.6 is 0 Å². The van der Waals surface area contributed by atoms with Crippen molar-refractivity contribution in [2.45, 2.75) is 54.0 Å². The van der Waals surface area contributed by atoms with E-state index in [0.29, 0.717) is 0 Å². The van der Waals surface area contributed by atoms with E-state index in [9.17, 15) is 0 Å². The second kappa shape index (κ2) is 9.41. The highest BCUT2D eigenvalue weighted by Gasteiger charge is 2.17. The summed E-state index contributed by atoms with van der Waals surface area (Å²) in [7, 11) is 4.10. The van der Waals surface area contributed by atoms with E-state index in [1.807, 2.05) is 7.05 Å². The lowest BCUT2D eigenvalue weighted by Crippen LogP contribution is -2.19. The Morgan fingerprint density at radius 2 is 1.88 bits per heavy atom. The van der Waals surface area contributed by atoms with E-state index in [4.69, 9.17) is 0 Å². The molecule has 1 aromatic rings. The molecule has 0 bridgehead atoms. The van der Waals surface area contributed by atoms with Crippen LogP contribution in [0.1, 0.15) is 51.8 Å². The van der Waals surface area contributed by atoms with Crippen molar-refractivity contribution in [2.75, 3.05) is 26.0 Å². The molecule has 1 heterocycles. The lowest BCUT2D eigenvalue weighted by atomic mass is 10.2. The maximum absolute atomic E-state index is 4.35. The fraction of sp³-hybridized carbons (Fsp3) is 0.524. The normalized spacial score (nSPS) is 12.5. The molecule has 0 unspecified atom stereocenters. The Bertz CT molecular complexity index is 617. The van der Waals surface area contributed by atoms with Crippen LogP contribution < -0.4 is 5.32 Å². The number of hydrogen-bond donors (Lipinski definition) is 1. The highest BCUT2D eigenvalue weighted by Crippen LogP contribution is 2.30. The molecule has 1 rings (SSSR count). The van der Waals surface area contributed by atoms with Gasteiger partial charge < -0.3 is 14.8 Å². The molecule has 24 heavy (non-hydrogen) atoms. The first kappa shape index (κ1) is 20.1.